The lowest BCUT2D eigenvalue weighted by molar-refractivity contribution is -0.385. The van der Waals surface area contributed by atoms with E-state index in [1.807, 2.05) is 11.0 Å². The molecule has 0 saturated carbocycles. The highest BCUT2D eigenvalue weighted by molar-refractivity contribution is 5.71. The van der Waals surface area contributed by atoms with Crippen LogP contribution in [0.25, 0.3) is 0 Å². The number of carboxylic acid groups (broad SMARTS) is 1. The summed E-state index contributed by atoms with van der Waals surface area (Å²) in [4.78, 5) is 23.4. The Morgan fingerprint density at radius 3 is 2.68 bits per heavy atom. The average molecular weight is 264 g/mol. The Morgan fingerprint density at radius 1 is 1.53 bits per heavy atom. The van der Waals surface area contributed by atoms with E-state index in [-0.39, 0.29) is 17.5 Å². The van der Waals surface area contributed by atoms with Crippen molar-refractivity contribution in [1.29, 1.82) is 0 Å². The predicted octanol–water partition coefficient (Wildman–Crippen LogP) is 2.06. The summed E-state index contributed by atoms with van der Waals surface area (Å²) >= 11 is 0. The maximum Gasteiger partial charge on any atom is 0.306 e. The molecule has 0 aliphatic carbocycles. The summed E-state index contributed by atoms with van der Waals surface area (Å²) in [6, 6.07) is 4.98. The smallest absolute Gasteiger partial charge is 0.306 e. The Kier molecular flexibility index (Phi) is 3.42. The minimum Gasteiger partial charge on any atom is -0.481 e. The van der Waals surface area contributed by atoms with Crippen molar-refractivity contribution in [3.05, 3.63) is 33.9 Å². The van der Waals surface area contributed by atoms with E-state index in [2.05, 4.69) is 0 Å². The molecule has 1 fully saturated rings. The summed E-state index contributed by atoms with van der Waals surface area (Å²) in [5.41, 5.74) is 1.56. The summed E-state index contributed by atoms with van der Waals surface area (Å²) in [6.45, 7) is 4.69. The van der Waals surface area contributed by atoms with Crippen molar-refractivity contribution in [3.8, 4) is 0 Å². The van der Waals surface area contributed by atoms with Crippen LogP contribution in [0.5, 0.6) is 0 Å². The predicted molar refractivity (Wildman–Crippen MR) is 70.3 cm³/mol. The molecular weight excluding hydrogens is 248 g/mol. The minimum atomic E-state index is -0.791. The van der Waals surface area contributed by atoms with E-state index in [9.17, 15) is 14.9 Å². The highest BCUT2D eigenvalue weighted by atomic mass is 16.6. The fraction of sp³-hybridized carbons (Fsp3) is 0.462. The van der Waals surface area contributed by atoms with Crippen LogP contribution < -0.4 is 4.90 Å². The summed E-state index contributed by atoms with van der Waals surface area (Å²) in [7, 11) is 0. The number of carbonyl (C=O) groups is 1. The van der Waals surface area contributed by atoms with Gasteiger partial charge in [0.2, 0.25) is 0 Å². The van der Waals surface area contributed by atoms with E-state index in [4.69, 9.17) is 5.11 Å². The zero-order valence-electron chi connectivity index (χ0n) is 10.9. The molecule has 0 bridgehead atoms. The summed E-state index contributed by atoms with van der Waals surface area (Å²) in [5.74, 6) is -1.06. The molecular formula is C13H16N2O4. The number of hydrogen-bond acceptors (Lipinski definition) is 4. The van der Waals surface area contributed by atoms with Gasteiger partial charge in [0.05, 0.1) is 16.4 Å². The van der Waals surface area contributed by atoms with E-state index >= 15 is 0 Å². The third-order valence-corrected chi connectivity index (χ3v) is 3.82. The molecule has 0 spiro atoms. The van der Waals surface area contributed by atoms with Crippen molar-refractivity contribution >= 4 is 17.3 Å². The van der Waals surface area contributed by atoms with Crippen molar-refractivity contribution in [3.63, 3.8) is 0 Å². The van der Waals surface area contributed by atoms with Crippen molar-refractivity contribution in [2.45, 2.75) is 13.8 Å². The number of anilines is 1. The number of carboxylic acids is 1. The van der Waals surface area contributed by atoms with Gasteiger partial charge in [-0.1, -0.05) is 13.0 Å². The number of aliphatic carboxylic acids is 1. The lowest BCUT2D eigenvalue weighted by Gasteiger charge is -2.43. The number of benzene rings is 1. The van der Waals surface area contributed by atoms with Gasteiger partial charge in [0, 0.05) is 30.8 Å². The molecule has 6 nitrogen and oxygen atoms in total. The van der Waals surface area contributed by atoms with Crippen LogP contribution in [-0.2, 0) is 4.79 Å². The zero-order chi connectivity index (χ0) is 14.2. The topological polar surface area (TPSA) is 83.7 Å². The molecule has 1 unspecified atom stereocenters. The second-order valence-corrected chi connectivity index (χ2v) is 4.97. The molecule has 102 valence electrons. The Labute approximate surface area is 110 Å². The number of nitro benzene ring substituents is 1. The van der Waals surface area contributed by atoms with E-state index in [1.54, 1.807) is 19.9 Å². The first-order valence-electron chi connectivity index (χ1n) is 6.13. The van der Waals surface area contributed by atoms with Gasteiger partial charge in [-0.05, 0) is 13.0 Å². The quantitative estimate of drug-likeness (QED) is 0.664. The van der Waals surface area contributed by atoms with Crippen LogP contribution in [0.2, 0.25) is 0 Å². The Bertz CT molecular complexity index is 523. The molecule has 2 rings (SSSR count). The van der Waals surface area contributed by atoms with Crippen molar-refractivity contribution < 1.29 is 14.8 Å². The van der Waals surface area contributed by atoms with Crippen LogP contribution in [0.1, 0.15) is 12.5 Å². The van der Waals surface area contributed by atoms with Crippen LogP contribution in [0.15, 0.2) is 18.2 Å². The zero-order valence-corrected chi connectivity index (χ0v) is 10.9. The van der Waals surface area contributed by atoms with Crippen LogP contribution in [0.4, 0.5) is 11.4 Å². The SMILES string of the molecule is Cc1c(N2CC(C(C)C(=O)O)C2)cccc1[N+](=O)[O-]. The van der Waals surface area contributed by atoms with Crippen LogP contribution in [0.3, 0.4) is 0 Å². The standard InChI is InChI=1S/C13H16N2O4/c1-8(13(16)17)10-6-14(7-10)11-4-3-5-12(9(11)2)15(18)19/h3-5,8,10H,6-7H2,1-2H3,(H,16,17). The van der Waals surface area contributed by atoms with E-state index < -0.39 is 10.9 Å². The first-order valence-corrected chi connectivity index (χ1v) is 6.13. The normalized spacial score (nSPS) is 16.8. The van der Waals surface area contributed by atoms with Crippen LogP contribution >= 0.6 is 0 Å². The lowest BCUT2D eigenvalue weighted by atomic mass is 9.86. The second-order valence-electron chi connectivity index (χ2n) is 4.97. The molecule has 19 heavy (non-hydrogen) atoms. The number of nitro groups is 1. The maximum atomic E-state index is 10.9. The fourth-order valence-electron chi connectivity index (χ4n) is 2.38. The molecule has 0 radical (unpaired) electrons. The van der Waals surface area contributed by atoms with Gasteiger partial charge >= 0.3 is 5.97 Å². The van der Waals surface area contributed by atoms with E-state index in [1.165, 1.54) is 6.07 Å². The highest BCUT2D eigenvalue weighted by Gasteiger charge is 2.35. The molecule has 1 saturated heterocycles. The van der Waals surface area contributed by atoms with Crippen LogP contribution in [0, 0.1) is 28.9 Å². The Balaban J connectivity index is 2.12. The van der Waals surface area contributed by atoms with Gasteiger partial charge in [0.1, 0.15) is 0 Å². The fourth-order valence-corrected chi connectivity index (χ4v) is 2.38. The third kappa shape index (κ3) is 2.38. The van der Waals surface area contributed by atoms with Crippen LogP contribution in [-0.4, -0.2) is 29.1 Å². The maximum absolute atomic E-state index is 10.9. The largest absolute Gasteiger partial charge is 0.481 e. The third-order valence-electron chi connectivity index (χ3n) is 3.82. The Morgan fingerprint density at radius 2 is 2.16 bits per heavy atom. The molecule has 6 heteroatoms. The monoisotopic (exact) mass is 264 g/mol. The molecule has 1 aliphatic heterocycles. The average Bonchev–Trinajstić information content (AvgIpc) is 2.28. The summed E-state index contributed by atoms with van der Waals surface area (Å²) in [5, 5.41) is 19.8. The summed E-state index contributed by atoms with van der Waals surface area (Å²) < 4.78 is 0. The molecule has 1 N–H and O–H groups in total. The summed E-state index contributed by atoms with van der Waals surface area (Å²) in [6.07, 6.45) is 0. The molecule has 0 amide bonds. The molecule has 0 aromatic heterocycles. The van der Waals surface area contributed by atoms with Gasteiger partial charge in [-0.3, -0.25) is 14.9 Å². The van der Waals surface area contributed by atoms with Gasteiger partial charge in [-0.25, -0.2) is 0 Å². The second kappa shape index (κ2) is 4.87. The van der Waals surface area contributed by atoms with E-state index in [0.717, 1.165) is 5.69 Å². The van der Waals surface area contributed by atoms with Crippen molar-refractivity contribution in [2.75, 3.05) is 18.0 Å². The highest BCUT2D eigenvalue weighted by Crippen LogP contribution is 2.34. The van der Waals surface area contributed by atoms with Gasteiger partial charge in [-0.15, -0.1) is 0 Å². The van der Waals surface area contributed by atoms with Gasteiger partial charge in [0.25, 0.3) is 5.69 Å². The molecule has 1 aromatic carbocycles. The first kappa shape index (κ1) is 13.3. The van der Waals surface area contributed by atoms with E-state index in [0.29, 0.717) is 18.7 Å². The van der Waals surface area contributed by atoms with Gasteiger partial charge in [-0.2, -0.15) is 0 Å². The number of rotatable bonds is 4. The molecule has 1 atom stereocenters. The van der Waals surface area contributed by atoms with Gasteiger partial charge < -0.3 is 10.0 Å². The number of nitrogens with zero attached hydrogens (tertiary/aromatic N) is 2. The molecule has 1 aliphatic rings. The van der Waals surface area contributed by atoms with Gasteiger partial charge in [0.15, 0.2) is 0 Å². The number of hydrogen-bond donors (Lipinski definition) is 1. The minimum absolute atomic E-state index is 0.104. The van der Waals surface area contributed by atoms with Crippen molar-refractivity contribution in [2.24, 2.45) is 11.8 Å². The first-order chi connectivity index (χ1) is 8.91. The van der Waals surface area contributed by atoms with Crippen molar-refractivity contribution in [1.82, 2.24) is 0 Å². The molecule has 1 heterocycles. The Hall–Kier alpha value is -2.11. The lowest BCUT2D eigenvalue weighted by Crippen LogP contribution is -2.51. The molecule has 1 aromatic rings.